The van der Waals surface area contributed by atoms with Crippen LogP contribution in [0.4, 0.5) is 10.1 Å². The van der Waals surface area contributed by atoms with Gasteiger partial charge in [0.25, 0.3) is 10.0 Å². The van der Waals surface area contributed by atoms with E-state index in [1.54, 1.807) is 30.3 Å². The molecule has 0 radical (unpaired) electrons. The summed E-state index contributed by atoms with van der Waals surface area (Å²) in [7, 11) is -3.93. The zero-order valence-corrected chi connectivity index (χ0v) is 9.49. The van der Waals surface area contributed by atoms with E-state index in [0.717, 1.165) is 6.07 Å². The second kappa shape index (κ2) is 4.50. The van der Waals surface area contributed by atoms with E-state index in [9.17, 15) is 12.8 Å². The van der Waals surface area contributed by atoms with Gasteiger partial charge in [-0.2, -0.15) is 4.39 Å². The molecule has 0 unspecified atom stereocenters. The highest BCUT2D eigenvalue weighted by molar-refractivity contribution is 7.92. The van der Waals surface area contributed by atoms with Gasteiger partial charge >= 0.3 is 0 Å². The number of hydrogen-bond acceptors (Lipinski definition) is 3. The second-order valence-electron chi connectivity index (χ2n) is 3.26. The van der Waals surface area contributed by atoms with Crippen molar-refractivity contribution in [3.63, 3.8) is 0 Å². The topological polar surface area (TPSA) is 59.1 Å². The molecule has 88 valence electrons. The van der Waals surface area contributed by atoms with Gasteiger partial charge in [0.2, 0.25) is 5.95 Å². The molecular formula is C11H9FN2O2S. The van der Waals surface area contributed by atoms with E-state index in [1.165, 1.54) is 12.3 Å². The van der Waals surface area contributed by atoms with Crippen molar-refractivity contribution in [2.45, 2.75) is 4.90 Å². The highest BCUT2D eigenvalue weighted by Gasteiger charge is 2.19. The summed E-state index contributed by atoms with van der Waals surface area (Å²) in [6.07, 6.45) is 1.19. The van der Waals surface area contributed by atoms with Crippen LogP contribution in [0.15, 0.2) is 53.6 Å². The molecule has 0 atom stereocenters. The Morgan fingerprint density at radius 2 is 1.76 bits per heavy atom. The second-order valence-corrected chi connectivity index (χ2v) is 4.91. The summed E-state index contributed by atoms with van der Waals surface area (Å²) in [6, 6.07) is 10.8. The first-order valence-electron chi connectivity index (χ1n) is 4.78. The lowest BCUT2D eigenvalue weighted by Gasteiger charge is -2.07. The van der Waals surface area contributed by atoms with Crippen molar-refractivity contribution in [1.29, 1.82) is 0 Å². The summed E-state index contributed by atoms with van der Waals surface area (Å²) in [5.41, 5.74) is 0.371. The molecule has 0 bridgehead atoms. The van der Waals surface area contributed by atoms with Crippen molar-refractivity contribution in [1.82, 2.24) is 4.98 Å². The number of anilines is 1. The Kier molecular flexibility index (Phi) is 3.06. The molecule has 1 heterocycles. The molecule has 0 fully saturated rings. The van der Waals surface area contributed by atoms with Gasteiger partial charge in [-0.25, -0.2) is 13.4 Å². The predicted octanol–water partition coefficient (Wildman–Crippen LogP) is 2.02. The summed E-state index contributed by atoms with van der Waals surface area (Å²) in [5, 5.41) is 0. The Labute approximate surface area is 98.2 Å². The van der Waals surface area contributed by atoms with Gasteiger partial charge < -0.3 is 0 Å². The number of nitrogens with one attached hydrogen (secondary N) is 1. The standard InChI is InChI=1S/C11H9FN2O2S/c12-11-10(7-4-8-13-11)17(15,16)14-9-5-2-1-3-6-9/h1-8,14H. The fraction of sp³-hybridized carbons (Fsp3) is 0. The number of halogens is 1. The average molecular weight is 252 g/mol. The zero-order chi connectivity index (χ0) is 12.3. The first kappa shape index (κ1) is 11.5. The molecule has 0 spiro atoms. The number of rotatable bonds is 3. The number of para-hydroxylation sites is 1. The smallest absolute Gasteiger partial charge is 0.266 e. The minimum absolute atomic E-state index is 0.371. The molecule has 2 aromatic rings. The number of pyridine rings is 1. The van der Waals surface area contributed by atoms with E-state index < -0.39 is 20.9 Å². The molecular weight excluding hydrogens is 243 g/mol. The first-order valence-corrected chi connectivity index (χ1v) is 6.26. The van der Waals surface area contributed by atoms with Crippen LogP contribution in [0.5, 0.6) is 0 Å². The van der Waals surface area contributed by atoms with Gasteiger partial charge in [0.1, 0.15) is 4.90 Å². The summed E-state index contributed by atoms with van der Waals surface area (Å²) < 4.78 is 39.2. The molecule has 4 nitrogen and oxygen atoms in total. The van der Waals surface area contributed by atoms with E-state index in [4.69, 9.17) is 0 Å². The maximum absolute atomic E-state index is 13.3. The fourth-order valence-corrected chi connectivity index (χ4v) is 2.38. The fourth-order valence-electron chi connectivity index (χ4n) is 1.29. The van der Waals surface area contributed by atoms with E-state index in [2.05, 4.69) is 9.71 Å². The minimum Gasteiger partial charge on any atom is -0.279 e. The third-order valence-electron chi connectivity index (χ3n) is 2.04. The van der Waals surface area contributed by atoms with Crippen LogP contribution in [0, 0.1) is 5.95 Å². The number of benzene rings is 1. The van der Waals surface area contributed by atoms with Crippen LogP contribution >= 0.6 is 0 Å². The Morgan fingerprint density at radius 3 is 2.41 bits per heavy atom. The highest BCUT2D eigenvalue weighted by atomic mass is 32.2. The Morgan fingerprint density at radius 1 is 1.06 bits per heavy atom. The Balaban J connectivity index is 2.36. The lowest BCUT2D eigenvalue weighted by atomic mass is 10.3. The summed E-state index contributed by atoms with van der Waals surface area (Å²) in [5.74, 6) is -1.02. The molecule has 0 amide bonds. The van der Waals surface area contributed by atoms with Gasteiger partial charge in [-0.3, -0.25) is 4.72 Å². The molecule has 0 aliphatic rings. The van der Waals surface area contributed by atoms with Crippen molar-refractivity contribution >= 4 is 15.7 Å². The van der Waals surface area contributed by atoms with E-state index in [0.29, 0.717) is 5.69 Å². The third-order valence-corrected chi connectivity index (χ3v) is 3.43. The minimum atomic E-state index is -3.93. The third kappa shape index (κ3) is 2.59. The summed E-state index contributed by atoms with van der Waals surface area (Å²) >= 11 is 0. The van der Waals surface area contributed by atoms with Gasteiger partial charge in [0.05, 0.1) is 0 Å². The molecule has 1 aromatic carbocycles. The van der Waals surface area contributed by atoms with Crippen LogP contribution in [-0.4, -0.2) is 13.4 Å². The van der Waals surface area contributed by atoms with Gasteiger partial charge in [0.15, 0.2) is 0 Å². The van der Waals surface area contributed by atoms with Crippen LogP contribution in [0.2, 0.25) is 0 Å². The molecule has 17 heavy (non-hydrogen) atoms. The maximum Gasteiger partial charge on any atom is 0.266 e. The molecule has 0 saturated heterocycles. The van der Waals surface area contributed by atoms with Gasteiger partial charge in [-0.1, -0.05) is 18.2 Å². The summed E-state index contributed by atoms with van der Waals surface area (Å²) in [6.45, 7) is 0. The molecule has 0 aliphatic carbocycles. The van der Waals surface area contributed by atoms with Crippen LogP contribution in [0.1, 0.15) is 0 Å². The maximum atomic E-state index is 13.3. The van der Waals surface area contributed by atoms with Crippen LogP contribution < -0.4 is 4.72 Å². The first-order chi connectivity index (χ1) is 8.09. The van der Waals surface area contributed by atoms with E-state index in [-0.39, 0.29) is 0 Å². The Bertz CT molecular complexity index is 614. The quantitative estimate of drug-likeness (QED) is 0.850. The largest absolute Gasteiger partial charge is 0.279 e. The van der Waals surface area contributed by atoms with Crippen molar-refractivity contribution in [2.75, 3.05) is 4.72 Å². The van der Waals surface area contributed by atoms with Crippen molar-refractivity contribution in [3.05, 3.63) is 54.6 Å². The van der Waals surface area contributed by atoms with E-state index >= 15 is 0 Å². The van der Waals surface area contributed by atoms with Gasteiger partial charge in [-0.15, -0.1) is 0 Å². The predicted molar refractivity (Wildman–Crippen MR) is 61.4 cm³/mol. The molecule has 6 heteroatoms. The van der Waals surface area contributed by atoms with Gasteiger partial charge in [0, 0.05) is 11.9 Å². The summed E-state index contributed by atoms with van der Waals surface area (Å²) in [4.78, 5) is 2.83. The van der Waals surface area contributed by atoms with Crippen LogP contribution in [0.3, 0.4) is 0 Å². The molecule has 1 aromatic heterocycles. The number of sulfonamides is 1. The van der Waals surface area contributed by atoms with Crippen molar-refractivity contribution in [2.24, 2.45) is 0 Å². The molecule has 0 saturated carbocycles. The highest BCUT2D eigenvalue weighted by Crippen LogP contribution is 2.16. The number of hydrogen-bond donors (Lipinski definition) is 1. The monoisotopic (exact) mass is 252 g/mol. The van der Waals surface area contributed by atoms with Crippen molar-refractivity contribution < 1.29 is 12.8 Å². The van der Waals surface area contributed by atoms with Crippen molar-refractivity contribution in [3.8, 4) is 0 Å². The molecule has 0 aliphatic heterocycles. The number of aromatic nitrogens is 1. The Hall–Kier alpha value is -1.95. The SMILES string of the molecule is O=S(=O)(Nc1ccccc1)c1cccnc1F. The molecule has 2 rings (SSSR count). The average Bonchev–Trinajstić information content (AvgIpc) is 2.30. The van der Waals surface area contributed by atoms with Crippen LogP contribution in [-0.2, 0) is 10.0 Å². The number of nitrogens with zero attached hydrogens (tertiary/aromatic N) is 1. The normalized spacial score (nSPS) is 11.1. The zero-order valence-electron chi connectivity index (χ0n) is 8.67. The van der Waals surface area contributed by atoms with E-state index in [1.807, 2.05) is 0 Å². The lowest BCUT2D eigenvalue weighted by molar-refractivity contribution is 0.540. The van der Waals surface area contributed by atoms with Crippen LogP contribution in [0.25, 0.3) is 0 Å². The van der Waals surface area contributed by atoms with Gasteiger partial charge in [-0.05, 0) is 24.3 Å². The lowest BCUT2D eigenvalue weighted by Crippen LogP contribution is -2.15. The molecule has 1 N–H and O–H groups in total.